The lowest BCUT2D eigenvalue weighted by atomic mass is 9.88. The van der Waals surface area contributed by atoms with Gasteiger partial charge in [0.05, 0.1) is 12.5 Å². The Labute approximate surface area is 128 Å². The maximum Gasteiger partial charge on any atom is 0.174 e. The van der Waals surface area contributed by atoms with Gasteiger partial charge in [-0.1, -0.05) is 18.2 Å². The largest absolute Gasteiger partial charge is 0.492 e. The smallest absolute Gasteiger partial charge is 0.174 e. The van der Waals surface area contributed by atoms with Crippen LogP contribution in [0.2, 0.25) is 0 Å². The van der Waals surface area contributed by atoms with Gasteiger partial charge in [0.25, 0.3) is 0 Å². The molecule has 22 heavy (non-hydrogen) atoms. The normalized spacial score (nSPS) is 20.7. The van der Waals surface area contributed by atoms with Crippen LogP contribution in [0.3, 0.4) is 0 Å². The number of rotatable bonds is 2. The maximum absolute atomic E-state index is 8.65. The van der Waals surface area contributed by atoms with Gasteiger partial charge in [-0.05, 0) is 25.1 Å². The molecule has 0 aliphatic carbocycles. The van der Waals surface area contributed by atoms with Gasteiger partial charge >= 0.3 is 0 Å². The highest BCUT2D eigenvalue weighted by Gasteiger charge is 2.41. The van der Waals surface area contributed by atoms with Crippen LogP contribution in [0.4, 0.5) is 0 Å². The molecule has 0 radical (unpaired) electrons. The van der Waals surface area contributed by atoms with Gasteiger partial charge < -0.3 is 14.2 Å². The molecular weight excluding hydrogens is 278 g/mol. The topological polar surface area (TPSA) is 51.5 Å². The summed E-state index contributed by atoms with van der Waals surface area (Å²) in [6, 6.07) is 14.0. The van der Waals surface area contributed by atoms with Crippen LogP contribution in [0, 0.1) is 18.3 Å². The molecule has 0 aromatic heterocycles. The molecule has 0 unspecified atom stereocenters. The average Bonchev–Trinajstić information content (AvgIpc) is 2.93. The van der Waals surface area contributed by atoms with Crippen molar-refractivity contribution in [2.24, 2.45) is 0 Å². The van der Waals surface area contributed by atoms with Gasteiger partial charge in [-0.15, -0.1) is 0 Å². The van der Waals surface area contributed by atoms with E-state index in [0.29, 0.717) is 12.4 Å². The molecule has 0 spiro atoms. The Morgan fingerprint density at radius 1 is 1.23 bits per heavy atom. The molecule has 2 aliphatic rings. The Hall–Kier alpha value is -2.67. The molecule has 2 aliphatic heterocycles. The maximum atomic E-state index is 8.65. The highest BCUT2D eigenvalue weighted by molar-refractivity contribution is 5.55. The number of benzene rings is 2. The molecule has 2 aromatic rings. The lowest BCUT2D eigenvalue weighted by Gasteiger charge is -2.29. The first kappa shape index (κ1) is 13.0. The van der Waals surface area contributed by atoms with Crippen molar-refractivity contribution in [1.29, 1.82) is 5.26 Å². The van der Waals surface area contributed by atoms with Gasteiger partial charge in [0.2, 0.25) is 0 Å². The SMILES string of the molecule is Cc1c(OCC#N)ccc2c1OC[C@H]1c3ccccc3O[C@@H]21. The summed E-state index contributed by atoms with van der Waals surface area (Å²) in [6.07, 6.45) is -0.00938. The molecule has 2 heterocycles. The summed E-state index contributed by atoms with van der Waals surface area (Å²) in [4.78, 5) is 0. The molecule has 4 rings (SSSR count). The van der Waals surface area contributed by atoms with Crippen LogP contribution in [0.5, 0.6) is 17.2 Å². The Balaban J connectivity index is 1.73. The number of hydrogen-bond donors (Lipinski definition) is 0. The quantitative estimate of drug-likeness (QED) is 0.850. The molecule has 0 saturated heterocycles. The fourth-order valence-electron chi connectivity index (χ4n) is 3.28. The van der Waals surface area contributed by atoms with Gasteiger partial charge in [-0.25, -0.2) is 0 Å². The summed E-state index contributed by atoms with van der Waals surface area (Å²) < 4.78 is 17.6. The second-order valence-corrected chi connectivity index (χ2v) is 5.55. The second kappa shape index (κ2) is 4.96. The third kappa shape index (κ3) is 1.82. The van der Waals surface area contributed by atoms with Crippen LogP contribution in [0.1, 0.15) is 28.7 Å². The Kier molecular flexibility index (Phi) is 2.93. The van der Waals surface area contributed by atoms with Gasteiger partial charge in [0.15, 0.2) is 6.61 Å². The lowest BCUT2D eigenvalue weighted by molar-refractivity contribution is 0.138. The first-order valence-electron chi connectivity index (χ1n) is 7.31. The van der Waals surface area contributed by atoms with Crippen molar-refractivity contribution in [3.63, 3.8) is 0 Å². The van der Waals surface area contributed by atoms with Crippen molar-refractivity contribution in [3.8, 4) is 23.3 Å². The molecule has 0 amide bonds. The molecule has 2 aromatic carbocycles. The van der Waals surface area contributed by atoms with Gasteiger partial charge in [-0.2, -0.15) is 5.26 Å². The highest BCUT2D eigenvalue weighted by atomic mass is 16.5. The van der Waals surface area contributed by atoms with E-state index >= 15 is 0 Å². The fraction of sp³-hybridized carbons (Fsp3) is 0.278. The molecule has 0 bridgehead atoms. The fourth-order valence-corrected chi connectivity index (χ4v) is 3.28. The van der Waals surface area contributed by atoms with E-state index in [1.165, 1.54) is 5.56 Å². The molecule has 2 atom stereocenters. The Morgan fingerprint density at radius 3 is 2.95 bits per heavy atom. The first-order valence-corrected chi connectivity index (χ1v) is 7.31. The van der Waals surface area contributed by atoms with Crippen molar-refractivity contribution in [1.82, 2.24) is 0 Å². The van der Waals surface area contributed by atoms with Crippen molar-refractivity contribution >= 4 is 0 Å². The number of para-hydroxylation sites is 1. The van der Waals surface area contributed by atoms with E-state index in [1.807, 2.05) is 43.3 Å². The summed E-state index contributed by atoms with van der Waals surface area (Å²) in [6.45, 7) is 2.58. The summed E-state index contributed by atoms with van der Waals surface area (Å²) in [5.74, 6) is 2.68. The average molecular weight is 293 g/mol. The van der Waals surface area contributed by atoms with Gasteiger partial charge in [-0.3, -0.25) is 0 Å². The predicted octanol–water partition coefficient (Wildman–Crippen LogP) is 3.51. The van der Waals surface area contributed by atoms with E-state index in [1.54, 1.807) is 0 Å². The lowest BCUT2D eigenvalue weighted by Crippen LogP contribution is -2.23. The number of ether oxygens (including phenoxy) is 3. The minimum absolute atomic E-state index is 0.00938. The van der Waals surface area contributed by atoms with Crippen LogP contribution < -0.4 is 14.2 Å². The minimum atomic E-state index is -0.00938. The van der Waals surface area contributed by atoms with Crippen molar-refractivity contribution < 1.29 is 14.2 Å². The number of nitriles is 1. The first-order chi connectivity index (χ1) is 10.8. The second-order valence-electron chi connectivity index (χ2n) is 5.55. The molecule has 0 fully saturated rings. The van der Waals surface area contributed by atoms with E-state index in [9.17, 15) is 0 Å². The molecular formula is C18H15NO3. The number of hydrogen-bond acceptors (Lipinski definition) is 4. The van der Waals surface area contributed by atoms with E-state index in [-0.39, 0.29) is 18.6 Å². The van der Waals surface area contributed by atoms with Crippen LogP contribution >= 0.6 is 0 Å². The molecule has 0 N–H and O–H groups in total. The highest BCUT2D eigenvalue weighted by Crippen LogP contribution is 2.52. The number of fused-ring (bicyclic) bond motifs is 5. The van der Waals surface area contributed by atoms with Crippen molar-refractivity contribution in [2.75, 3.05) is 13.2 Å². The zero-order chi connectivity index (χ0) is 15.1. The monoisotopic (exact) mass is 293 g/mol. The zero-order valence-corrected chi connectivity index (χ0v) is 12.2. The number of nitrogens with zero attached hydrogens (tertiary/aromatic N) is 1. The van der Waals surface area contributed by atoms with Crippen LogP contribution in [0.25, 0.3) is 0 Å². The predicted molar refractivity (Wildman–Crippen MR) is 80.3 cm³/mol. The third-order valence-electron chi connectivity index (χ3n) is 4.33. The Bertz CT molecular complexity index is 778. The van der Waals surface area contributed by atoms with Crippen LogP contribution in [-0.4, -0.2) is 13.2 Å². The third-order valence-corrected chi connectivity index (χ3v) is 4.33. The van der Waals surface area contributed by atoms with E-state index in [4.69, 9.17) is 19.5 Å². The van der Waals surface area contributed by atoms with Crippen molar-refractivity contribution in [3.05, 3.63) is 53.1 Å². The van der Waals surface area contributed by atoms with E-state index in [2.05, 4.69) is 6.07 Å². The molecule has 4 heteroatoms. The summed E-state index contributed by atoms with van der Waals surface area (Å²) in [7, 11) is 0. The zero-order valence-electron chi connectivity index (χ0n) is 12.2. The summed E-state index contributed by atoms with van der Waals surface area (Å²) in [5, 5.41) is 8.65. The van der Waals surface area contributed by atoms with Gasteiger partial charge in [0.1, 0.15) is 29.4 Å². The molecule has 110 valence electrons. The van der Waals surface area contributed by atoms with Gasteiger partial charge in [0, 0.05) is 16.7 Å². The molecule has 0 saturated carbocycles. The van der Waals surface area contributed by atoms with Crippen LogP contribution in [0.15, 0.2) is 36.4 Å². The summed E-state index contributed by atoms with van der Waals surface area (Å²) >= 11 is 0. The van der Waals surface area contributed by atoms with E-state index < -0.39 is 0 Å². The minimum Gasteiger partial charge on any atom is -0.492 e. The van der Waals surface area contributed by atoms with Crippen molar-refractivity contribution in [2.45, 2.75) is 18.9 Å². The standard InChI is InChI=1S/C18H15NO3/c1-11-15(20-9-8-19)7-6-13-17(11)21-10-14-12-4-2-3-5-16(12)22-18(13)14/h2-7,14,18H,9-10H2,1H3/t14-,18-/m0/s1. The molecule has 4 nitrogen and oxygen atoms in total. The van der Waals surface area contributed by atoms with Crippen LogP contribution in [-0.2, 0) is 0 Å². The summed E-state index contributed by atoms with van der Waals surface area (Å²) in [5.41, 5.74) is 3.18. The Morgan fingerprint density at radius 2 is 2.09 bits per heavy atom. The van der Waals surface area contributed by atoms with E-state index in [0.717, 1.165) is 22.6 Å².